The molecule has 0 aliphatic carbocycles. The monoisotopic (exact) mass is 805 g/mol. The van der Waals surface area contributed by atoms with E-state index in [1.165, 1.54) is 218 Å². The Morgan fingerprint density at radius 3 is 0.719 bits per heavy atom. The van der Waals surface area contributed by atoms with E-state index in [0.717, 1.165) is 51.4 Å². The van der Waals surface area contributed by atoms with Crippen LogP contribution in [0, 0.1) is 5.41 Å². The topological polar surface area (TPSA) is 52.6 Å². The Hall–Kier alpha value is -1.06. The van der Waals surface area contributed by atoms with Gasteiger partial charge in [0.25, 0.3) is 0 Å². The fraction of sp³-hybridized carbons (Fsp3) is 0.962. The summed E-state index contributed by atoms with van der Waals surface area (Å²) < 4.78 is 11.7. The van der Waals surface area contributed by atoms with E-state index in [-0.39, 0.29) is 17.4 Å². The predicted octanol–water partition coefficient (Wildman–Crippen LogP) is 18.3. The zero-order valence-corrected chi connectivity index (χ0v) is 39.7. The molecule has 0 bridgehead atoms. The van der Waals surface area contributed by atoms with Crippen molar-refractivity contribution in [1.82, 2.24) is 0 Å². The smallest absolute Gasteiger partial charge is 0.305 e. The molecule has 0 heterocycles. The molecule has 0 aliphatic heterocycles. The van der Waals surface area contributed by atoms with E-state index >= 15 is 0 Å². The van der Waals surface area contributed by atoms with Gasteiger partial charge in [0.05, 0.1) is 0 Å². The molecule has 4 nitrogen and oxygen atoms in total. The van der Waals surface area contributed by atoms with Gasteiger partial charge >= 0.3 is 11.9 Å². The minimum atomic E-state index is -0.261. The van der Waals surface area contributed by atoms with Crippen molar-refractivity contribution in [2.24, 2.45) is 5.41 Å². The summed E-state index contributed by atoms with van der Waals surface area (Å²) >= 11 is 0. The van der Waals surface area contributed by atoms with Crippen molar-refractivity contribution in [1.29, 1.82) is 0 Å². The van der Waals surface area contributed by atoms with Crippen LogP contribution in [0.15, 0.2) is 0 Å². The number of rotatable bonds is 48. The Kier molecular flexibility index (Phi) is 45.2. The van der Waals surface area contributed by atoms with E-state index in [1.807, 2.05) is 0 Å². The van der Waals surface area contributed by atoms with Crippen molar-refractivity contribution < 1.29 is 19.1 Å². The van der Waals surface area contributed by atoms with E-state index in [4.69, 9.17) is 9.47 Å². The highest BCUT2D eigenvalue weighted by Gasteiger charge is 2.31. The van der Waals surface area contributed by atoms with Gasteiger partial charge in [0.1, 0.15) is 13.2 Å². The molecule has 0 N–H and O–H groups in total. The highest BCUT2D eigenvalue weighted by molar-refractivity contribution is 5.69. The Balaban J connectivity index is 3.81. The zero-order valence-electron chi connectivity index (χ0n) is 39.7. The van der Waals surface area contributed by atoms with Gasteiger partial charge in [-0.2, -0.15) is 0 Å². The number of hydrogen-bond acceptors (Lipinski definition) is 4. The molecule has 0 aromatic rings. The SMILES string of the molecule is CCCCCCCCCCCCCCCCCCCCCC(=O)OCC(CC)(CCCC)COC(=O)CCCCCCCCCCCCCCCCCCCCC. The lowest BCUT2D eigenvalue weighted by molar-refractivity contribution is -0.155. The Morgan fingerprint density at radius 1 is 0.298 bits per heavy atom. The van der Waals surface area contributed by atoms with Crippen molar-refractivity contribution in [3.63, 3.8) is 0 Å². The molecule has 4 heteroatoms. The van der Waals surface area contributed by atoms with Crippen LogP contribution in [0.4, 0.5) is 0 Å². The van der Waals surface area contributed by atoms with Crippen LogP contribution in [0.5, 0.6) is 0 Å². The first kappa shape index (κ1) is 55.9. The molecule has 0 unspecified atom stereocenters. The van der Waals surface area contributed by atoms with Crippen LogP contribution in [0.2, 0.25) is 0 Å². The largest absolute Gasteiger partial charge is 0.465 e. The van der Waals surface area contributed by atoms with Crippen LogP contribution in [0.25, 0.3) is 0 Å². The molecular weight excluding hydrogens is 701 g/mol. The Bertz CT molecular complexity index is 751. The van der Waals surface area contributed by atoms with Crippen LogP contribution < -0.4 is 0 Å². The van der Waals surface area contributed by atoms with Crippen molar-refractivity contribution in [3.8, 4) is 0 Å². The van der Waals surface area contributed by atoms with Crippen LogP contribution in [0.1, 0.15) is 310 Å². The number of hydrogen-bond donors (Lipinski definition) is 0. The van der Waals surface area contributed by atoms with Crippen molar-refractivity contribution >= 4 is 11.9 Å². The predicted molar refractivity (Wildman–Crippen MR) is 250 cm³/mol. The van der Waals surface area contributed by atoms with Gasteiger partial charge < -0.3 is 9.47 Å². The van der Waals surface area contributed by atoms with Crippen molar-refractivity contribution in [2.45, 2.75) is 310 Å². The third-order valence-electron chi connectivity index (χ3n) is 12.9. The molecule has 0 radical (unpaired) electrons. The molecule has 0 spiro atoms. The summed E-state index contributed by atoms with van der Waals surface area (Å²) in [6, 6.07) is 0. The third-order valence-corrected chi connectivity index (χ3v) is 12.9. The molecule has 0 saturated heterocycles. The number of carbonyl (C=O) groups is 2. The number of unbranched alkanes of at least 4 members (excludes halogenated alkanes) is 37. The maximum absolute atomic E-state index is 12.7. The van der Waals surface area contributed by atoms with Crippen LogP contribution in [-0.2, 0) is 19.1 Å². The fourth-order valence-corrected chi connectivity index (χ4v) is 8.43. The maximum Gasteiger partial charge on any atom is 0.305 e. The Labute approximate surface area is 358 Å². The summed E-state index contributed by atoms with van der Waals surface area (Å²) in [6.07, 6.45) is 56.3. The molecule has 57 heavy (non-hydrogen) atoms. The van der Waals surface area contributed by atoms with Gasteiger partial charge in [-0.3, -0.25) is 9.59 Å². The quantitative estimate of drug-likeness (QED) is 0.0454. The van der Waals surface area contributed by atoms with E-state index in [1.54, 1.807) is 0 Å². The summed E-state index contributed by atoms with van der Waals surface area (Å²) in [4.78, 5) is 25.3. The van der Waals surface area contributed by atoms with E-state index < -0.39 is 0 Å². The van der Waals surface area contributed by atoms with E-state index in [9.17, 15) is 9.59 Å². The summed E-state index contributed by atoms with van der Waals surface area (Å²) in [6.45, 7) is 9.66. The summed E-state index contributed by atoms with van der Waals surface area (Å²) in [5, 5.41) is 0. The summed E-state index contributed by atoms with van der Waals surface area (Å²) in [7, 11) is 0. The molecule has 0 aromatic heterocycles. The maximum atomic E-state index is 12.7. The first-order valence-corrected chi connectivity index (χ1v) is 26.3. The van der Waals surface area contributed by atoms with Crippen molar-refractivity contribution in [3.05, 3.63) is 0 Å². The van der Waals surface area contributed by atoms with E-state index in [0.29, 0.717) is 26.1 Å². The molecule has 340 valence electrons. The lowest BCUT2D eigenvalue weighted by atomic mass is 9.81. The van der Waals surface area contributed by atoms with Gasteiger partial charge in [-0.05, 0) is 25.7 Å². The zero-order chi connectivity index (χ0) is 41.6. The molecule has 0 fully saturated rings. The Morgan fingerprint density at radius 2 is 0.509 bits per heavy atom. The molecule has 0 amide bonds. The average Bonchev–Trinajstić information content (AvgIpc) is 3.22. The first-order chi connectivity index (χ1) is 28.0. The first-order valence-electron chi connectivity index (χ1n) is 26.3. The van der Waals surface area contributed by atoms with E-state index in [2.05, 4.69) is 27.7 Å². The lowest BCUT2D eigenvalue weighted by Crippen LogP contribution is -2.34. The minimum Gasteiger partial charge on any atom is -0.465 e. The second-order valence-corrected chi connectivity index (χ2v) is 18.5. The van der Waals surface area contributed by atoms with Gasteiger partial charge in [-0.25, -0.2) is 0 Å². The molecule has 0 aromatic carbocycles. The normalized spacial score (nSPS) is 11.7. The molecule has 0 atom stereocenters. The minimum absolute atomic E-state index is 0.0864. The summed E-state index contributed by atoms with van der Waals surface area (Å²) in [5.74, 6) is -0.173. The average molecular weight is 805 g/mol. The number of ether oxygens (including phenoxy) is 2. The molecule has 0 aliphatic rings. The second kappa shape index (κ2) is 46.0. The van der Waals surface area contributed by atoms with Gasteiger partial charge in [0, 0.05) is 18.3 Å². The number of esters is 2. The lowest BCUT2D eigenvalue weighted by Gasteiger charge is -2.31. The van der Waals surface area contributed by atoms with Gasteiger partial charge in [-0.1, -0.05) is 272 Å². The fourth-order valence-electron chi connectivity index (χ4n) is 8.43. The highest BCUT2D eigenvalue weighted by atomic mass is 16.5. The van der Waals surface area contributed by atoms with Crippen LogP contribution in [-0.4, -0.2) is 25.2 Å². The molecule has 0 saturated carbocycles. The van der Waals surface area contributed by atoms with Gasteiger partial charge in [0.15, 0.2) is 0 Å². The molecule has 0 rings (SSSR count). The number of carbonyl (C=O) groups excluding carboxylic acids is 2. The van der Waals surface area contributed by atoms with Crippen LogP contribution >= 0.6 is 0 Å². The third kappa shape index (κ3) is 41.5. The molecular formula is C53H104O4. The van der Waals surface area contributed by atoms with Crippen LogP contribution in [0.3, 0.4) is 0 Å². The second-order valence-electron chi connectivity index (χ2n) is 18.5. The standard InChI is InChI=1S/C53H104O4/c1-5-9-12-14-16-18-20-22-24-26-28-30-32-34-36-38-40-42-44-46-51(54)56-49-53(8-4,48-11-7-3)50-57-52(55)47-45-43-41-39-37-35-33-31-29-27-25-23-21-19-17-15-13-10-6-2/h5-50H2,1-4H3. The summed E-state index contributed by atoms with van der Waals surface area (Å²) in [5.41, 5.74) is -0.261. The highest BCUT2D eigenvalue weighted by Crippen LogP contribution is 2.31. The van der Waals surface area contributed by atoms with Crippen molar-refractivity contribution in [2.75, 3.05) is 13.2 Å². The van der Waals surface area contributed by atoms with Gasteiger partial charge in [0.2, 0.25) is 0 Å². The van der Waals surface area contributed by atoms with Gasteiger partial charge in [-0.15, -0.1) is 0 Å².